The molecule has 1 aliphatic rings. The Bertz CT molecular complexity index is 675. The van der Waals surface area contributed by atoms with Gasteiger partial charge in [-0.25, -0.2) is 4.79 Å². The van der Waals surface area contributed by atoms with Gasteiger partial charge in [0.05, 0.1) is 18.5 Å². The van der Waals surface area contributed by atoms with Crippen molar-refractivity contribution in [2.45, 2.75) is 19.4 Å². The number of carbonyl (C=O) groups is 2. The smallest absolute Gasteiger partial charge is 0.335 e. The average molecular weight is 301 g/mol. The van der Waals surface area contributed by atoms with Gasteiger partial charge >= 0.3 is 5.97 Å². The van der Waals surface area contributed by atoms with Crippen molar-refractivity contribution < 1.29 is 14.7 Å². The first-order chi connectivity index (χ1) is 10.1. The van der Waals surface area contributed by atoms with Crippen LogP contribution in [0.2, 0.25) is 0 Å². The molecule has 4 nitrogen and oxygen atoms in total. The second-order valence-corrected chi connectivity index (χ2v) is 6.11. The molecule has 0 bridgehead atoms. The van der Waals surface area contributed by atoms with Crippen LogP contribution in [0.3, 0.4) is 0 Å². The topological polar surface area (TPSA) is 57.6 Å². The number of benzene rings is 1. The summed E-state index contributed by atoms with van der Waals surface area (Å²) in [5.74, 6) is -0.855. The average Bonchev–Trinajstić information content (AvgIpc) is 2.95. The van der Waals surface area contributed by atoms with E-state index in [0.717, 1.165) is 18.5 Å². The molecular formula is C16H15NO3S. The Kier molecular flexibility index (Phi) is 3.75. The molecule has 1 amide bonds. The lowest BCUT2D eigenvalue weighted by Crippen LogP contribution is -2.36. The minimum Gasteiger partial charge on any atom is -0.478 e. The van der Waals surface area contributed by atoms with Gasteiger partial charge in [0.15, 0.2) is 0 Å². The van der Waals surface area contributed by atoms with Crippen LogP contribution >= 0.6 is 11.3 Å². The summed E-state index contributed by atoms with van der Waals surface area (Å²) < 4.78 is 0. The van der Waals surface area contributed by atoms with E-state index in [4.69, 9.17) is 5.11 Å². The number of thiophene rings is 1. The van der Waals surface area contributed by atoms with E-state index < -0.39 is 5.97 Å². The van der Waals surface area contributed by atoms with Crippen LogP contribution in [0.25, 0.3) is 0 Å². The fraction of sp³-hybridized carbons (Fsp3) is 0.250. The number of hydrogen-bond donors (Lipinski definition) is 1. The lowest BCUT2D eigenvalue weighted by atomic mass is 10.1. The Morgan fingerprint density at radius 3 is 2.67 bits per heavy atom. The summed E-state index contributed by atoms with van der Waals surface area (Å²) in [6.45, 7) is 1.45. The third-order valence-corrected chi connectivity index (χ3v) is 4.68. The van der Waals surface area contributed by atoms with E-state index >= 15 is 0 Å². The maximum absolute atomic E-state index is 12.3. The summed E-state index contributed by atoms with van der Waals surface area (Å²) >= 11 is 1.70. The molecule has 3 rings (SSSR count). The highest BCUT2D eigenvalue weighted by atomic mass is 32.1. The summed E-state index contributed by atoms with van der Waals surface area (Å²) in [5, 5.41) is 10.9. The first-order valence-electron chi connectivity index (χ1n) is 6.79. The zero-order valence-corrected chi connectivity index (χ0v) is 12.2. The molecule has 1 aromatic heterocycles. The first-order valence-corrected chi connectivity index (χ1v) is 7.66. The lowest BCUT2D eigenvalue weighted by molar-refractivity contribution is -0.131. The van der Waals surface area contributed by atoms with Crippen LogP contribution in [0.4, 0.5) is 0 Å². The number of carbonyl (C=O) groups excluding carboxylic acids is 1. The second kappa shape index (κ2) is 5.69. The molecule has 0 spiro atoms. The van der Waals surface area contributed by atoms with Gasteiger partial charge in [-0.1, -0.05) is 12.1 Å². The SMILES string of the molecule is O=C(O)c1ccc(CC(=O)N2CCc3ccsc3C2)cc1. The largest absolute Gasteiger partial charge is 0.478 e. The predicted octanol–water partition coefficient (Wildman–Crippen LogP) is 2.57. The number of fused-ring (bicyclic) bond motifs is 1. The molecule has 1 aliphatic heterocycles. The van der Waals surface area contributed by atoms with Crippen LogP contribution in [0, 0.1) is 0 Å². The van der Waals surface area contributed by atoms with Crippen LogP contribution in [0.15, 0.2) is 35.7 Å². The number of nitrogens with zero attached hydrogens (tertiary/aromatic N) is 1. The summed E-state index contributed by atoms with van der Waals surface area (Å²) in [5.41, 5.74) is 2.45. The van der Waals surface area contributed by atoms with E-state index in [1.54, 1.807) is 35.6 Å². The molecule has 108 valence electrons. The van der Waals surface area contributed by atoms with Crippen LogP contribution < -0.4 is 0 Å². The van der Waals surface area contributed by atoms with E-state index in [9.17, 15) is 9.59 Å². The predicted molar refractivity (Wildman–Crippen MR) is 80.5 cm³/mol. The Balaban J connectivity index is 1.65. The minimum absolute atomic E-state index is 0.0946. The van der Waals surface area contributed by atoms with Gasteiger partial charge in [-0.05, 0) is 41.1 Å². The van der Waals surface area contributed by atoms with Crippen LogP contribution in [0.5, 0.6) is 0 Å². The van der Waals surface area contributed by atoms with Crippen LogP contribution in [-0.2, 0) is 24.2 Å². The van der Waals surface area contributed by atoms with Gasteiger partial charge in [-0.15, -0.1) is 11.3 Å². The van der Waals surface area contributed by atoms with Gasteiger partial charge in [0.2, 0.25) is 5.91 Å². The zero-order valence-electron chi connectivity index (χ0n) is 11.4. The van der Waals surface area contributed by atoms with Gasteiger partial charge in [0, 0.05) is 11.4 Å². The fourth-order valence-corrected chi connectivity index (χ4v) is 3.45. The molecule has 2 heterocycles. The van der Waals surface area contributed by atoms with Gasteiger partial charge < -0.3 is 10.0 Å². The molecule has 0 aliphatic carbocycles. The summed E-state index contributed by atoms with van der Waals surface area (Å²) in [6.07, 6.45) is 1.24. The van der Waals surface area contributed by atoms with Crippen molar-refractivity contribution in [1.29, 1.82) is 0 Å². The number of amides is 1. The quantitative estimate of drug-likeness (QED) is 0.948. The number of hydrogen-bond acceptors (Lipinski definition) is 3. The van der Waals surface area contributed by atoms with Crippen LogP contribution in [-0.4, -0.2) is 28.4 Å². The highest BCUT2D eigenvalue weighted by molar-refractivity contribution is 7.10. The van der Waals surface area contributed by atoms with Crippen molar-refractivity contribution in [3.8, 4) is 0 Å². The number of aromatic carboxylic acids is 1. The van der Waals surface area contributed by atoms with Crippen molar-refractivity contribution in [2.75, 3.05) is 6.54 Å². The Labute approximate surface area is 126 Å². The summed E-state index contributed by atoms with van der Waals surface area (Å²) in [4.78, 5) is 26.3. The van der Waals surface area contributed by atoms with Gasteiger partial charge in [-0.3, -0.25) is 4.79 Å². The molecule has 1 N–H and O–H groups in total. The lowest BCUT2D eigenvalue weighted by Gasteiger charge is -2.27. The molecule has 5 heteroatoms. The van der Waals surface area contributed by atoms with Crippen LogP contribution in [0.1, 0.15) is 26.4 Å². The standard InChI is InChI=1S/C16H15NO3S/c18-15(9-11-1-3-13(4-2-11)16(19)20)17-7-5-12-6-8-21-14(12)10-17/h1-4,6,8H,5,7,9-10H2,(H,19,20). The molecule has 0 saturated carbocycles. The van der Waals surface area contributed by atoms with Crippen molar-refractivity contribution in [2.24, 2.45) is 0 Å². The van der Waals surface area contributed by atoms with E-state index in [-0.39, 0.29) is 11.5 Å². The van der Waals surface area contributed by atoms with Crippen molar-refractivity contribution >= 4 is 23.2 Å². The molecule has 0 fully saturated rings. The van der Waals surface area contributed by atoms with Gasteiger partial charge in [-0.2, -0.15) is 0 Å². The zero-order chi connectivity index (χ0) is 14.8. The summed E-state index contributed by atoms with van der Waals surface area (Å²) in [7, 11) is 0. The highest BCUT2D eigenvalue weighted by Crippen LogP contribution is 2.24. The maximum Gasteiger partial charge on any atom is 0.335 e. The first kappa shape index (κ1) is 13.8. The van der Waals surface area contributed by atoms with Crippen molar-refractivity contribution in [1.82, 2.24) is 4.90 Å². The van der Waals surface area contributed by atoms with Gasteiger partial charge in [0.1, 0.15) is 0 Å². The van der Waals surface area contributed by atoms with E-state index in [1.807, 2.05) is 4.90 Å². The number of carboxylic acids is 1. The number of rotatable bonds is 3. The van der Waals surface area contributed by atoms with Crippen molar-refractivity contribution in [3.63, 3.8) is 0 Å². The molecule has 0 saturated heterocycles. The highest BCUT2D eigenvalue weighted by Gasteiger charge is 2.21. The molecule has 1 aromatic carbocycles. The van der Waals surface area contributed by atoms with Gasteiger partial charge in [0.25, 0.3) is 0 Å². The Hall–Kier alpha value is -2.14. The molecule has 21 heavy (non-hydrogen) atoms. The third-order valence-electron chi connectivity index (χ3n) is 3.73. The third kappa shape index (κ3) is 2.97. The Morgan fingerprint density at radius 1 is 1.19 bits per heavy atom. The van der Waals surface area contributed by atoms with E-state index in [2.05, 4.69) is 11.4 Å². The van der Waals surface area contributed by atoms with E-state index in [1.165, 1.54) is 10.4 Å². The monoisotopic (exact) mass is 301 g/mol. The molecule has 2 aromatic rings. The summed E-state index contributed by atoms with van der Waals surface area (Å²) in [6, 6.07) is 8.63. The van der Waals surface area contributed by atoms with Crippen molar-refractivity contribution in [3.05, 3.63) is 57.3 Å². The molecular weight excluding hydrogens is 286 g/mol. The molecule has 0 unspecified atom stereocenters. The fourth-order valence-electron chi connectivity index (χ4n) is 2.50. The number of carboxylic acid groups (broad SMARTS) is 1. The van der Waals surface area contributed by atoms with E-state index in [0.29, 0.717) is 13.0 Å². The normalized spacial score (nSPS) is 13.8. The minimum atomic E-state index is -0.950. The molecule has 0 radical (unpaired) electrons. The Morgan fingerprint density at radius 2 is 1.95 bits per heavy atom. The second-order valence-electron chi connectivity index (χ2n) is 5.11. The molecule has 0 atom stereocenters. The maximum atomic E-state index is 12.3.